The smallest absolute Gasteiger partial charge is 0.243 e. The predicted octanol–water partition coefficient (Wildman–Crippen LogP) is 3.74. The molecule has 0 aliphatic carbocycles. The molecule has 0 radical (unpaired) electrons. The molecule has 1 aliphatic heterocycles. The second-order valence-electron chi connectivity index (χ2n) is 6.87. The van der Waals surface area contributed by atoms with Gasteiger partial charge in [-0.2, -0.15) is 9.29 Å². The van der Waals surface area contributed by atoms with Crippen molar-refractivity contribution < 1.29 is 13.2 Å². The zero-order valence-electron chi connectivity index (χ0n) is 16.4. The van der Waals surface area contributed by atoms with Crippen LogP contribution in [0.1, 0.15) is 5.82 Å². The Morgan fingerprint density at radius 3 is 2.27 bits per heavy atom. The number of aryl methyl sites for hydroxylation is 1. The van der Waals surface area contributed by atoms with Gasteiger partial charge in [-0.1, -0.05) is 29.8 Å². The molecular formula is C21H21ClN4O3S. The molecule has 0 atom stereocenters. The monoisotopic (exact) mass is 444 g/mol. The summed E-state index contributed by atoms with van der Waals surface area (Å²) in [5.74, 6) is 2.46. The van der Waals surface area contributed by atoms with Crippen molar-refractivity contribution in [3.05, 3.63) is 71.5 Å². The minimum atomic E-state index is -3.55. The average molecular weight is 445 g/mol. The zero-order valence-corrected chi connectivity index (χ0v) is 18.0. The van der Waals surface area contributed by atoms with Gasteiger partial charge in [-0.15, -0.1) is 0 Å². The Bertz CT molecular complexity index is 1120. The lowest BCUT2D eigenvalue weighted by atomic mass is 10.3. The summed E-state index contributed by atoms with van der Waals surface area (Å²) in [4.78, 5) is 11.1. The fraction of sp³-hybridized carbons (Fsp3) is 0.238. The van der Waals surface area contributed by atoms with Gasteiger partial charge in [0.2, 0.25) is 15.9 Å². The van der Waals surface area contributed by atoms with Crippen molar-refractivity contribution in [1.29, 1.82) is 0 Å². The molecule has 9 heteroatoms. The Morgan fingerprint density at radius 1 is 0.933 bits per heavy atom. The molecule has 1 saturated heterocycles. The number of rotatable bonds is 5. The minimum Gasteiger partial charge on any atom is -0.439 e. The largest absolute Gasteiger partial charge is 0.439 e. The Hall–Kier alpha value is -2.68. The molecule has 3 aromatic rings. The van der Waals surface area contributed by atoms with Gasteiger partial charge >= 0.3 is 0 Å². The number of hydrogen-bond donors (Lipinski definition) is 0. The molecule has 30 heavy (non-hydrogen) atoms. The van der Waals surface area contributed by atoms with E-state index in [0.717, 1.165) is 5.82 Å². The molecule has 1 aliphatic rings. The lowest BCUT2D eigenvalue weighted by Gasteiger charge is -2.34. The topological polar surface area (TPSA) is 75.6 Å². The number of sulfonamides is 1. The third-order valence-corrected chi connectivity index (χ3v) is 6.95. The lowest BCUT2D eigenvalue weighted by molar-refractivity contribution is 0.383. The second-order valence-corrected chi connectivity index (χ2v) is 9.25. The maximum Gasteiger partial charge on any atom is 0.243 e. The third kappa shape index (κ3) is 4.56. The van der Waals surface area contributed by atoms with Gasteiger partial charge in [-0.05, 0) is 43.3 Å². The summed E-state index contributed by atoms with van der Waals surface area (Å²) in [6.07, 6.45) is 0. The van der Waals surface area contributed by atoms with Gasteiger partial charge in [0.05, 0.1) is 4.90 Å². The van der Waals surface area contributed by atoms with Gasteiger partial charge in [0.25, 0.3) is 0 Å². The molecular weight excluding hydrogens is 424 g/mol. The fourth-order valence-corrected chi connectivity index (χ4v) is 4.81. The third-order valence-electron chi connectivity index (χ3n) is 4.78. The van der Waals surface area contributed by atoms with Gasteiger partial charge in [0.1, 0.15) is 17.4 Å². The van der Waals surface area contributed by atoms with Crippen molar-refractivity contribution in [1.82, 2.24) is 14.3 Å². The van der Waals surface area contributed by atoms with Crippen LogP contribution in [-0.4, -0.2) is 48.9 Å². The summed E-state index contributed by atoms with van der Waals surface area (Å²) >= 11 is 5.87. The van der Waals surface area contributed by atoms with Crippen LogP contribution in [0.3, 0.4) is 0 Å². The van der Waals surface area contributed by atoms with E-state index in [-0.39, 0.29) is 4.90 Å². The van der Waals surface area contributed by atoms with Crippen molar-refractivity contribution in [2.45, 2.75) is 11.8 Å². The van der Waals surface area contributed by atoms with E-state index in [1.54, 1.807) is 18.2 Å². The molecule has 1 fully saturated rings. The summed E-state index contributed by atoms with van der Waals surface area (Å²) in [5, 5.41) is 0.506. The second kappa shape index (κ2) is 8.59. The van der Waals surface area contributed by atoms with E-state index in [2.05, 4.69) is 9.97 Å². The SMILES string of the molecule is Cc1nc(Oc2ccccc2)cc(N2CCN(S(=O)(=O)c3ccc(Cl)cc3)CC2)n1. The van der Waals surface area contributed by atoms with Crippen LogP contribution in [0, 0.1) is 6.92 Å². The van der Waals surface area contributed by atoms with Crippen LogP contribution in [0.15, 0.2) is 65.6 Å². The highest BCUT2D eigenvalue weighted by Gasteiger charge is 2.29. The standard InChI is InChI=1S/C21H21ClN4O3S/c1-16-23-20(15-21(24-16)29-18-5-3-2-4-6-18)25-11-13-26(14-12-25)30(27,28)19-9-7-17(22)8-10-19/h2-10,15H,11-14H2,1H3. The van der Waals surface area contributed by atoms with Crippen LogP contribution in [0.5, 0.6) is 11.6 Å². The van der Waals surface area contributed by atoms with Gasteiger partial charge in [0.15, 0.2) is 0 Å². The number of benzene rings is 2. The number of aromatic nitrogens is 2. The van der Waals surface area contributed by atoms with Crippen molar-refractivity contribution in [2.24, 2.45) is 0 Å². The first kappa shape index (κ1) is 20.6. The van der Waals surface area contributed by atoms with Gasteiger partial charge < -0.3 is 9.64 Å². The zero-order chi connectivity index (χ0) is 21.1. The van der Waals surface area contributed by atoms with E-state index in [0.29, 0.717) is 48.7 Å². The highest BCUT2D eigenvalue weighted by atomic mass is 35.5. The molecule has 0 N–H and O–H groups in total. The molecule has 2 aromatic carbocycles. The first-order valence-electron chi connectivity index (χ1n) is 9.51. The van der Waals surface area contributed by atoms with Crippen LogP contribution < -0.4 is 9.64 Å². The highest BCUT2D eigenvalue weighted by Crippen LogP contribution is 2.25. The molecule has 7 nitrogen and oxygen atoms in total. The molecule has 2 heterocycles. The number of piperazine rings is 1. The first-order valence-corrected chi connectivity index (χ1v) is 11.3. The van der Waals surface area contributed by atoms with E-state index < -0.39 is 10.0 Å². The van der Waals surface area contributed by atoms with Gasteiger partial charge in [-0.25, -0.2) is 13.4 Å². The summed E-state index contributed by atoms with van der Waals surface area (Å²) in [7, 11) is -3.55. The van der Waals surface area contributed by atoms with Gasteiger partial charge in [0, 0.05) is 37.3 Å². The Morgan fingerprint density at radius 2 is 1.60 bits per heavy atom. The summed E-state index contributed by atoms with van der Waals surface area (Å²) in [6, 6.07) is 17.4. The molecule has 0 amide bonds. The molecule has 0 saturated carbocycles. The van der Waals surface area contributed by atoms with E-state index >= 15 is 0 Å². The maximum absolute atomic E-state index is 12.9. The molecule has 0 bridgehead atoms. The number of nitrogens with zero attached hydrogens (tertiary/aromatic N) is 4. The van der Waals surface area contributed by atoms with Gasteiger partial charge in [-0.3, -0.25) is 0 Å². The Balaban J connectivity index is 1.47. The van der Waals surface area contributed by atoms with E-state index in [1.807, 2.05) is 42.2 Å². The molecule has 1 aromatic heterocycles. The minimum absolute atomic E-state index is 0.247. The Kier molecular flexibility index (Phi) is 5.90. The normalized spacial score (nSPS) is 15.2. The van der Waals surface area contributed by atoms with E-state index in [4.69, 9.17) is 16.3 Å². The molecule has 156 valence electrons. The van der Waals surface area contributed by atoms with Crippen molar-refractivity contribution in [3.8, 4) is 11.6 Å². The van der Waals surface area contributed by atoms with Crippen molar-refractivity contribution >= 4 is 27.4 Å². The van der Waals surface area contributed by atoms with Crippen molar-refractivity contribution in [3.63, 3.8) is 0 Å². The average Bonchev–Trinajstić information content (AvgIpc) is 2.74. The fourth-order valence-electron chi connectivity index (χ4n) is 3.26. The number of anilines is 1. The van der Waals surface area contributed by atoms with Crippen LogP contribution >= 0.6 is 11.6 Å². The van der Waals surface area contributed by atoms with Crippen LogP contribution in [0.4, 0.5) is 5.82 Å². The van der Waals surface area contributed by atoms with E-state index in [9.17, 15) is 8.42 Å². The maximum atomic E-state index is 12.9. The molecule has 4 rings (SSSR count). The number of para-hydroxylation sites is 1. The van der Waals surface area contributed by atoms with Crippen LogP contribution in [0.25, 0.3) is 0 Å². The lowest BCUT2D eigenvalue weighted by Crippen LogP contribution is -2.49. The van der Waals surface area contributed by atoms with Crippen molar-refractivity contribution in [2.75, 3.05) is 31.1 Å². The molecule has 0 unspecified atom stereocenters. The van der Waals surface area contributed by atoms with E-state index in [1.165, 1.54) is 16.4 Å². The summed E-state index contributed by atoms with van der Waals surface area (Å²) in [5.41, 5.74) is 0. The predicted molar refractivity (Wildman–Crippen MR) is 116 cm³/mol. The molecule has 0 spiro atoms. The van der Waals surface area contributed by atoms with Crippen LogP contribution in [0.2, 0.25) is 5.02 Å². The number of ether oxygens (including phenoxy) is 1. The Labute approximate surface area is 181 Å². The first-order chi connectivity index (χ1) is 14.4. The quantitative estimate of drug-likeness (QED) is 0.596. The summed E-state index contributed by atoms with van der Waals surface area (Å²) < 4.78 is 33.1. The number of hydrogen-bond acceptors (Lipinski definition) is 6. The highest BCUT2D eigenvalue weighted by molar-refractivity contribution is 7.89. The summed E-state index contributed by atoms with van der Waals surface area (Å²) in [6.45, 7) is 3.58. The number of halogens is 1. The van der Waals surface area contributed by atoms with Crippen LogP contribution in [-0.2, 0) is 10.0 Å².